The summed E-state index contributed by atoms with van der Waals surface area (Å²) in [6, 6.07) is 103. The molecule has 0 aliphatic rings. The zero-order valence-corrected chi connectivity index (χ0v) is 39.5. The average Bonchev–Trinajstić information content (AvgIpc) is 3.46. The number of fused-ring (bicyclic) bond motifs is 1. The largest absolute Gasteiger partial charge is 0.310 e. The Balaban J connectivity index is 0.910. The normalized spacial score (nSPS) is 11.1. The van der Waals surface area contributed by atoms with E-state index in [4.69, 9.17) is 9.97 Å². The van der Waals surface area contributed by atoms with Gasteiger partial charge in [0.15, 0.2) is 0 Å². The molecule has 0 atom stereocenters. The molecule has 4 nitrogen and oxygen atoms in total. The first kappa shape index (κ1) is 43.6. The molecule has 11 aromatic carbocycles. The van der Waals surface area contributed by atoms with Gasteiger partial charge in [0.25, 0.3) is 0 Å². The smallest absolute Gasteiger partial charge is 0.0973 e. The van der Waals surface area contributed by atoms with Crippen LogP contribution in [-0.2, 0) is 0 Å². The van der Waals surface area contributed by atoms with E-state index in [1.165, 1.54) is 33.4 Å². The molecule has 1 aromatic heterocycles. The number of hydrogen-bond donors (Lipinski definition) is 0. The lowest BCUT2D eigenvalue weighted by Crippen LogP contribution is -2.10. The van der Waals surface area contributed by atoms with E-state index in [9.17, 15) is 0 Å². The van der Waals surface area contributed by atoms with E-state index in [-0.39, 0.29) is 0 Å². The Labute approximate surface area is 421 Å². The molecule has 0 saturated carbocycles. The number of anilines is 6. The van der Waals surface area contributed by atoms with Gasteiger partial charge in [-0.25, -0.2) is 9.97 Å². The zero-order chi connectivity index (χ0) is 48.1. The second kappa shape index (κ2) is 19.8. The summed E-state index contributed by atoms with van der Waals surface area (Å²) in [5.41, 5.74) is 21.1. The van der Waals surface area contributed by atoms with Gasteiger partial charge in [-0.15, -0.1) is 0 Å². The standard InChI is InChI=1S/C68H48N4/c1-5-21-49(22-6-1)61-33-13-15-35-63(61)53-25-19-31-59(47-53)71(55-27-9-3-10-28-55)57-43-39-51(40-44-57)67-68(70-66-38-18-17-37-65(66)69-67)52-41-45-58(46-42-52)72(56-29-11-4-12-30-56)60-32-20-26-54(48-60)64-36-16-14-34-62(64)50-23-7-2-8-24-50/h1-48H. The van der Waals surface area contributed by atoms with Gasteiger partial charge < -0.3 is 9.80 Å². The van der Waals surface area contributed by atoms with E-state index in [2.05, 4.69) is 277 Å². The molecule has 0 fully saturated rings. The first-order valence-corrected chi connectivity index (χ1v) is 24.4. The highest BCUT2D eigenvalue weighted by Crippen LogP contribution is 2.43. The second-order valence-electron chi connectivity index (χ2n) is 17.8. The van der Waals surface area contributed by atoms with Gasteiger partial charge in [-0.05, 0) is 129 Å². The predicted molar refractivity (Wildman–Crippen MR) is 302 cm³/mol. The minimum absolute atomic E-state index is 0.823. The van der Waals surface area contributed by atoms with Crippen LogP contribution in [0.1, 0.15) is 0 Å². The van der Waals surface area contributed by atoms with Crippen molar-refractivity contribution in [2.24, 2.45) is 0 Å². The Morgan fingerprint density at radius 2 is 0.472 bits per heavy atom. The summed E-state index contributed by atoms with van der Waals surface area (Å²) in [6.07, 6.45) is 0. The van der Waals surface area contributed by atoms with Gasteiger partial charge in [0.05, 0.1) is 22.4 Å². The third-order valence-electron chi connectivity index (χ3n) is 13.3. The summed E-state index contributed by atoms with van der Waals surface area (Å²) < 4.78 is 0. The maximum Gasteiger partial charge on any atom is 0.0973 e. The molecule has 340 valence electrons. The molecule has 0 aliphatic carbocycles. The molecule has 0 saturated heterocycles. The third-order valence-corrected chi connectivity index (χ3v) is 13.3. The van der Waals surface area contributed by atoms with Gasteiger partial charge >= 0.3 is 0 Å². The van der Waals surface area contributed by atoms with Crippen molar-refractivity contribution in [3.05, 3.63) is 291 Å². The van der Waals surface area contributed by atoms with Crippen LogP contribution < -0.4 is 9.80 Å². The van der Waals surface area contributed by atoms with Crippen LogP contribution in [0.5, 0.6) is 0 Å². The highest BCUT2D eigenvalue weighted by atomic mass is 15.1. The van der Waals surface area contributed by atoms with Crippen molar-refractivity contribution in [1.82, 2.24) is 9.97 Å². The summed E-state index contributed by atoms with van der Waals surface area (Å²) in [6.45, 7) is 0. The highest BCUT2D eigenvalue weighted by Gasteiger charge is 2.20. The molecule has 1 heterocycles. The third kappa shape index (κ3) is 8.81. The summed E-state index contributed by atoms with van der Waals surface area (Å²) in [7, 11) is 0. The predicted octanol–water partition coefficient (Wildman–Crippen LogP) is 18.6. The quantitative estimate of drug-likeness (QED) is 0.122. The molecule has 0 bridgehead atoms. The van der Waals surface area contributed by atoms with Crippen molar-refractivity contribution in [1.29, 1.82) is 0 Å². The van der Waals surface area contributed by atoms with Gasteiger partial charge in [-0.2, -0.15) is 0 Å². The maximum absolute atomic E-state index is 5.32. The molecule has 12 aromatic rings. The Kier molecular flexibility index (Phi) is 12.0. The second-order valence-corrected chi connectivity index (χ2v) is 17.8. The van der Waals surface area contributed by atoms with E-state index in [0.29, 0.717) is 0 Å². The van der Waals surface area contributed by atoms with Crippen LogP contribution in [-0.4, -0.2) is 9.97 Å². The molecular weight excluding hydrogens is 873 g/mol. The van der Waals surface area contributed by atoms with Gasteiger partial charge in [-0.3, -0.25) is 0 Å². The van der Waals surface area contributed by atoms with Gasteiger partial charge in [-0.1, -0.05) is 206 Å². The summed E-state index contributed by atoms with van der Waals surface area (Å²) in [4.78, 5) is 15.3. The van der Waals surface area contributed by atoms with Crippen LogP contribution in [0.15, 0.2) is 291 Å². The first-order valence-electron chi connectivity index (χ1n) is 24.4. The highest BCUT2D eigenvalue weighted by molar-refractivity contribution is 5.91. The molecule has 0 amide bonds. The van der Waals surface area contributed by atoms with Crippen molar-refractivity contribution >= 4 is 45.2 Å². The molecule has 4 heteroatoms. The fraction of sp³-hybridized carbons (Fsp3) is 0. The lowest BCUT2D eigenvalue weighted by molar-refractivity contribution is 1.26. The van der Waals surface area contributed by atoms with Crippen molar-refractivity contribution in [2.75, 3.05) is 9.80 Å². The van der Waals surface area contributed by atoms with E-state index in [0.717, 1.165) is 78.8 Å². The lowest BCUT2D eigenvalue weighted by atomic mass is 9.94. The zero-order valence-electron chi connectivity index (χ0n) is 39.5. The van der Waals surface area contributed by atoms with Gasteiger partial charge in [0, 0.05) is 45.3 Å². The lowest BCUT2D eigenvalue weighted by Gasteiger charge is -2.26. The van der Waals surface area contributed by atoms with E-state index < -0.39 is 0 Å². The van der Waals surface area contributed by atoms with Crippen molar-refractivity contribution in [3.8, 4) is 67.0 Å². The Morgan fingerprint density at radius 3 is 0.847 bits per heavy atom. The van der Waals surface area contributed by atoms with Crippen LogP contribution in [0.25, 0.3) is 78.1 Å². The van der Waals surface area contributed by atoms with E-state index in [1.807, 2.05) is 24.3 Å². The molecule has 0 radical (unpaired) electrons. The van der Waals surface area contributed by atoms with Gasteiger partial charge in [0.2, 0.25) is 0 Å². The molecule has 0 N–H and O–H groups in total. The van der Waals surface area contributed by atoms with Gasteiger partial charge in [0.1, 0.15) is 0 Å². The van der Waals surface area contributed by atoms with Crippen molar-refractivity contribution < 1.29 is 0 Å². The van der Waals surface area contributed by atoms with Crippen LogP contribution >= 0.6 is 0 Å². The number of benzene rings is 11. The monoisotopic (exact) mass is 920 g/mol. The minimum atomic E-state index is 0.823. The first-order chi connectivity index (χ1) is 35.7. The van der Waals surface area contributed by atoms with Crippen LogP contribution in [0.3, 0.4) is 0 Å². The minimum Gasteiger partial charge on any atom is -0.310 e. The number of hydrogen-bond acceptors (Lipinski definition) is 4. The average molecular weight is 921 g/mol. The van der Waals surface area contributed by atoms with Crippen molar-refractivity contribution in [3.63, 3.8) is 0 Å². The van der Waals surface area contributed by atoms with E-state index in [1.54, 1.807) is 0 Å². The summed E-state index contributed by atoms with van der Waals surface area (Å²) in [5, 5.41) is 0. The topological polar surface area (TPSA) is 32.3 Å². The SMILES string of the molecule is c1ccc(-c2ccccc2-c2cccc(N(c3ccccc3)c3ccc(-c4nc5ccccc5nc4-c4ccc(N(c5ccccc5)c5cccc(-c6ccccc6-c6ccccc6)c5)cc4)cc3)c2)cc1. The number of rotatable bonds is 12. The molecular formula is C68H48N4. The fourth-order valence-electron chi connectivity index (χ4n) is 9.82. The van der Waals surface area contributed by atoms with Crippen LogP contribution in [0, 0.1) is 0 Å². The summed E-state index contributed by atoms with van der Waals surface area (Å²) >= 11 is 0. The number of para-hydroxylation sites is 4. The van der Waals surface area contributed by atoms with Crippen molar-refractivity contribution in [2.45, 2.75) is 0 Å². The van der Waals surface area contributed by atoms with Crippen LogP contribution in [0.2, 0.25) is 0 Å². The fourth-order valence-corrected chi connectivity index (χ4v) is 9.82. The molecule has 12 rings (SSSR count). The Morgan fingerprint density at radius 1 is 0.194 bits per heavy atom. The number of nitrogens with zero attached hydrogens (tertiary/aromatic N) is 4. The van der Waals surface area contributed by atoms with E-state index >= 15 is 0 Å². The summed E-state index contributed by atoms with van der Waals surface area (Å²) in [5.74, 6) is 0. The molecule has 0 spiro atoms. The molecule has 0 aliphatic heterocycles. The maximum atomic E-state index is 5.32. The Bertz CT molecular complexity index is 3530. The van der Waals surface area contributed by atoms with Crippen LogP contribution in [0.4, 0.5) is 34.1 Å². The number of aromatic nitrogens is 2. The molecule has 0 unspecified atom stereocenters. The Hall–Kier alpha value is -9.64. The molecule has 72 heavy (non-hydrogen) atoms.